The summed E-state index contributed by atoms with van der Waals surface area (Å²) in [6, 6.07) is 18.1. The molecule has 2 aliphatic heterocycles. The van der Waals surface area contributed by atoms with Gasteiger partial charge >= 0.3 is 12.4 Å². The molecule has 72 heavy (non-hydrogen) atoms. The zero-order chi connectivity index (χ0) is 51.0. The first-order valence-corrected chi connectivity index (χ1v) is 25.7. The summed E-state index contributed by atoms with van der Waals surface area (Å²) < 4.78 is 80.9. The second kappa shape index (κ2) is 20.6. The van der Waals surface area contributed by atoms with Crippen LogP contribution in [0.5, 0.6) is 0 Å². The molecule has 380 valence electrons. The minimum atomic E-state index is -4.29. The lowest BCUT2D eigenvalue weighted by Gasteiger charge is -2.16. The van der Waals surface area contributed by atoms with E-state index in [9.17, 15) is 35.9 Å². The molecule has 6 aromatic rings. The van der Waals surface area contributed by atoms with Crippen LogP contribution in [-0.4, -0.2) is 112 Å². The largest absolute Gasteiger partial charge is 0.416 e. The van der Waals surface area contributed by atoms with Crippen LogP contribution in [0.25, 0.3) is 22.8 Å². The van der Waals surface area contributed by atoms with Crippen LogP contribution < -0.4 is 11.5 Å². The van der Waals surface area contributed by atoms with Gasteiger partial charge in [0.05, 0.1) is 11.1 Å². The Balaban J connectivity index is 0.000000178. The first-order chi connectivity index (χ1) is 34.3. The summed E-state index contributed by atoms with van der Waals surface area (Å²) in [6.07, 6.45) is 0.872. The predicted molar refractivity (Wildman–Crippen MR) is 261 cm³/mol. The Labute approximate surface area is 420 Å². The van der Waals surface area contributed by atoms with E-state index in [0.29, 0.717) is 23.5 Å². The summed E-state index contributed by atoms with van der Waals surface area (Å²) in [5, 5.41) is 18.7. The number of nitrogens with two attached hydrogens (primary N) is 2. The number of aromatic nitrogens is 8. The minimum absolute atomic E-state index is 0.205. The maximum Gasteiger partial charge on any atom is 0.416 e. The van der Waals surface area contributed by atoms with Gasteiger partial charge in [-0.25, -0.2) is 0 Å². The number of carbonyl (C=O) groups is 2. The number of carbonyl (C=O) groups excluding carboxylic acids is 2. The lowest BCUT2D eigenvalue weighted by atomic mass is 9.97. The van der Waals surface area contributed by atoms with Crippen LogP contribution in [0, 0.1) is 10.8 Å². The monoisotopic (exact) mass is 1030 g/mol. The van der Waals surface area contributed by atoms with E-state index in [-0.39, 0.29) is 22.2 Å². The number of primary amides is 2. The van der Waals surface area contributed by atoms with Crippen molar-refractivity contribution in [3.05, 3.63) is 119 Å². The van der Waals surface area contributed by atoms with Gasteiger partial charge in [0.15, 0.2) is 22.0 Å². The average molecular weight is 1030 g/mol. The average Bonchev–Trinajstić information content (AvgIpc) is 3.89. The fourth-order valence-electron chi connectivity index (χ4n) is 10.3. The molecule has 2 aromatic carbocycles. The van der Waals surface area contributed by atoms with Gasteiger partial charge in [-0.05, 0) is 147 Å². The fourth-order valence-corrected chi connectivity index (χ4v) is 12.0. The highest BCUT2D eigenvalue weighted by Gasteiger charge is 2.58. The van der Waals surface area contributed by atoms with E-state index in [1.54, 1.807) is 84.4 Å². The molecule has 0 bridgehead atoms. The van der Waals surface area contributed by atoms with E-state index >= 15 is 0 Å². The highest BCUT2D eigenvalue weighted by molar-refractivity contribution is 7.99. The van der Waals surface area contributed by atoms with Gasteiger partial charge in [0.25, 0.3) is 11.8 Å². The van der Waals surface area contributed by atoms with E-state index in [0.717, 1.165) is 122 Å². The number of benzene rings is 2. The first-order valence-electron chi connectivity index (χ1n) is 23.7. The number of amides is 2. The highest BCUT2D eigenvalue weighted by Crippen LogP contribution is 2.65. The molecule has 4 aromatic heterocycles. The molecule has 0 radical (unpaired) electrons. The lowest BCUT2D eigenvalue weighted by Crippen LogP contribution is -2.23. The number of halogens is 6. The number of thioether (sulfide) groups is 2. The van der Waals surface area contributed by atoms with Gasteiger partial charge < -0.3 is 30.4 Å². The Morgan fingerprint density at radius 1 is 0.597 bits per heavy atom. The van der Waals surface area contributed by atoms with E-state index in [4.69, 9.17) is 11.5 Å². The van der Waals surface area contributed by atoms with Crippen molar-refractivity contribution in [2.45, 2.75) is 73.0 Å². The van der Waals surface area contributed by atoms with Crippen molar-refractivity contribution in [1.29, 1.82) is 0 Å². The van der Waals surface area contributed by atoms with Gasteiger partial charge in [-0.15, -0.1) is 20.4 Å². The van der Waals surface area contributed by atoms with E-state index < -0.39 is 35.3 Å². The zero-order valence-electron chi connectivity index (χ0n) is 39.7. The summed E-state index contributed by atoms with van der Waals surface area (Å²) in [5.41, 5.74) is 13.8. The van der Waals surface area contributed by atoms with Crippen molar-refractivity contribution in [3.63, 3.8) is 0 Å². The molecule has 2 spiro atoms. The molecule has 2 saturated carbocycles. The van der Waals surface area contributed by atoms with Gasteiger partial charge in [0.1, 0.15) is 11.4 Å². The Bertz CT molecular complexity index is 2680. The second-order valence-electron chi connectivity index (χ2n) is 19.3. The third kappa shape index (κ3) is 11.4. The molecule has 14 nitrogen and oxygen atoms in total. The van der Waals surface area contributed by atoms with Crippen molar-refractivity contribution >= 4 is 35.3 Å². The molecular weight excluding hydrogens is 979 g/mol. The summed E-state index contributed by atoms with van der Waals surface area (Å²) in [7, 11) is 3.80. The molecule has 6 heterocycles. The Morgan fingerprint density at radius 2 is 0.986 bits per heavy atom. The zero-order valence-corrected chi connectivity index (χ0v) is 41.3. The van der Waals surface area contributed by atoms with Crippen LogP contribution >= 0.6 is 23.5 Å². The number of rotatable bonds is 16. The minimum Gasteiger partial charge on any atom is -0.364 e. The first kappa shape index (κ1) is 51.1. The second-order valence-corrected chi connectivity index (χ2v) is 21.4. The Kier molecular flexibility index (Phi) is 14.6. The standard InChI is InChI=1S/2C25H27F3N6OS/c2*1-33-22(17-5-8-20(21(29)35)30-14-17)31-32-23(33)36-12-2-10-34-11-9-24(15-34)13-19(24)16-3-6-18(7-4-16)25(26,27)28/h2*3-8,14,19H,2,9-13,15H2,1H3,(H2,29,35)/t19?,24-;19-,24-/m01/s1. The van der Waals surface area contributed by atoms with Crippen molar-refractivity contribution in [1.82, 2.24) is 49.3 Å². The summed E-state index contributed by atoms with van der Waals surface area (Å²) in [4.78, 5) is 35.5. The molecule has 10 rings (SSSR count). The maximum absolute atomic E-state index is 12.8. The quantitative estimate of drug-likeness (QED) is 0.0536. The van der Waals surface area contributed by atoms with Gasteiger partial charge in [-0.3, -0.25) is 19.6 Å². The van der Waals surface area contributed by atoms with Gasteiger partial charge in [-0.1, -0.05) is 47.8 Å². The maximum atomic E-state index is 12.8. The summed E-state index contributed by atoms with van der Waals surface area (Å²) in [6.45, 7) is 6.04. The van der Waals surface area contributed by atoms with Gasteiger partial charge in [-0.2, -0.15) is 26.3 Å². The molecule has 4 N–H and O–H groups in total. The van der Waals surface area contributed by atoms with Gasteiger partial charge in [0.2, 0.25) is 0 Å². The molecule has 22 heteroatoms. The molecule has 4 atom stereocenters. The smallest absolute Gasteiger partial charge is 0.364 e. The number of hydrogen-bond donors (Lipinski definition) is 2. The summed E-state index contributed by atoms with van der Waals surface area (Å²) >= 11 is 3.29. The normalized spacial score (nSPS) is 21.8. The van der Waals surface area contributed by atoms with Crippen LogP contribution in [0.1, 0.15) is 93.6 Å². The predicted octanol–water partition coefficient (Wildman–Crippen LogP) is 8.71. The van der Waals surface area contributed by atoms with Crippen LogP contribution in [0.4, 0.5) is 26.3 Å². The van der Waals surface area contributed by atoms with Crippen molar-refractivity contribution in [2.75, 3.05) is 50.8 Å². The third-order valence-corrected chi connectivity index (χ3v) is 16.7. The van der Waals surface area contributed by atoms with Crippen molar-refractivity contribution < 1.29 is 35.9 Å². The lowest BCUT2D eigenvalue weighted by molar-refractivity contribution is -0.138. The fraction of sp³-hybridized carbons (Fsp3) is 0.440. The Hall–Kier alpha value is -5.84. The molecule has 4 aliphatic rings. The molecule has 1 unspecified atom stereocenters. The molecule has 4 fully saturated rings. The van der Waals surface area contributed by atoms with Crippen molar-refractivity contribution in [2.24, 2.45) is 36.4 Å². The number of pyridine rings is 2. The highest BCUT2D eigenvalue weighted by atomic mass is 32.2. The molecule has 2 aliphatic carbocycles. The SMILES string of the molecule is Cn1c(SCCCN2CC[C@@]3(C[C@@H]3c3ccc(C(F)(F)F)cc3)C2)nnc1-c1ccc(C(N)=O)nc1.Cn1c(SCCCN2CC[C@]3(CC3c3ccc(C(F)(F)F)cc3)C2)nnc1-c1ccc(C(N)=O)nc1. The number of nitrogens with zero attached hydrogens (tertiary/aromatic N) is 10. The van der Waals surface area contributed by atoms with Crippen LogP contribution in [0.2, 0.25) is 0 Å². The molecule has 2 saturated heterocycles. The number of hydrogen-bond acceptors (Lipinski definition) is 12. The summed E-state index contributed by atoms with van der Waals surface area (Å²) in [5.74, 6) is 2.72. The van der Waals surface area contributed by atoms with E-state index in [1.807, 2.05) is 23.2 Å². The van der Waals surface area contributed by atoms with Crippen LogP contribution in [-0.2, 0) is 26.4 Å². The third-order valence-electron chi connectivity index (χ3n) is 14.5. The van der Waals surface area contributed by atoms with Gasteiger partial charge in [0, 0.05) is 62.2 Å². The molecular formula is C50H54F6N12O2S2. The Morgan fingerprint density at radius 3 is 1.32 bits per heavy atom. The van der Waals surface area contributed by atoms with Crippen LogP contribution in [0.15, 0.2) is 95.5 Å². The molecule has 2 amide bonds. The van der Waals surface area contributed by atoms with Crippen molar-refractivity contribution in [3.8, 4) is 22.8 Å². The number of likely N-dealkylation sites (tertiary alicyclic amines) is 2. The van der Waals surface area contributed by atoms with E-state index in [1.165, 1.54) is 24.3 Å². The number of alkyl halides is 6. The van der Waals surface area contributed by atoms with Crippen LogP contribution in [0.3, 0.4) is 0 Å². The van der Waals surface area contributed by atoms with E-state index in [2.05, 4.69) is 40.2 Å². The topological polar surface area (TPSA) is 180 Å².